The zero-order valence-corrected chi connectivity index (χ0v) is 11.5. The maximum Gasteiger partial charge on any atom is 0.161 e. The molecular weight excluding hydrogens is 246 g/mol. The number of ether oxygens (including phenoxy) is 2. The predicted molar refractivity (Wildman–Crippen MR) is 73.2 cm³/mol. The van der Waals surface area contributed by atoms with Crippen LogP contribution in [0.5, 0.6) is 11.5 Å². The smallest absolute Gasteiger partial charge is 0.161 e. The highest BCUT2D eigenvalue weighted by molar-refractivity contribution is 7.09. The minimum absolute atomic E-state index is 0.591. The molecule has 18 heavy (non-hydrogen) atoms. The van der Waals surface area contributed by atoms with E-state index in [1.54, 1.807) is 18.4 Å². The minimum Gasteiger partial charge on any atom is -0.493 e. The van der Waals surface area contributed by atoms with Gasteiger partial charge in [0, 0.05) is 10.4 Å². The lowest BCUT2D eigenvalue weighted by molar-refractivity contribution is -0.643. The van der Waals surface area contributed by atoms with Crippen molar-refractivity contribution in [1.29, 1.82) is 0 Å². The van der Waals surface area contributed by atoms with Gasteiger partial charge in [-0.2, -0.15) is 0 Å². The Balaban J connectivity index is 2.07. The Morgan fingerprint density at radius 1 is 1.22 bits per heavy atom. The Bertz CT molecular complexity index is 483. The SMILES string of the molecule is C[NH2+]Cc1ccc(OCc2cccs2)c(OC)c1. The Morgan fingerprint density at radius 2 is 2.11 bits per heavy atom. The molecule has 1 aromatic carbocycles. The number of quaternary nitrogens is 1. The molecule has 96 valence electrons. The first kappa shape index (κ1) is 12.9. The monoisotopic (exact) mass is 264 g/mol. The van der Waals surface area contributed by atoms with E-state index in [-0.39, 0.29) is 0 Å². The van der Waals surface area contributed by atoms with Crippen LogP contribution in [0, 0.1) is 0 Å². The van der Waals surface area contributed by atoms with Gasteiger partial charge in [-0.25, -0.2) is 0 Å². The highest BCUT2D eigenvalue weighted by atomic mass is 32.1. The molecule has 0 aliphatic rings. The van der Waals surface area contributed by atoms with Gasteiger partial charge in [0.25, 0.3) is 0 Å². The molecule has 3 nitrogen and oxygen atoms in total. The number of thiophene rings is 1. The van der Waals surface area contributed by atoms with Crippen molar-refractivity contribution in [2.24, 2.45) is 0 Å². The third-order valence-corrected chi connectivity index (χ3v) is 3.47. The van der Waals surface area contributed by atoms with Crippen molar-refractivity contribution >= 4 is 11.3 Å². The van der Waals surface area contributed by atoms with Crippen LogP contribution in [0.25, 0.3) is 0 Å². The Morgan fingerprint density at radius 3 is 2.78 bits per heavy atom. The van der Waals surface area contributed by atoms with Crippen molar-refractivity contribution in [1.82, 2.24) is 0 Å². The molecule has 0 bridgehead atoms. The van der Waals surface area contributed by atoms with Crippen molar-refractivity contribution in [3.05, 3.63) is 46.2 Å². The third kappa shape index (κ3) is 3.24. The topological polar surface area (TPSA) is 35.1 Å². The molecule has 2 N–H and O–H groups in total. The molecule has 0 fully saturated rings. The van der Waals surface area contributed by atoms with Crippen LogP contribution in [0.15, 0.2) is 35.7 Å². The summed E-state index contributed by atoms with van der Waals surface area (Å²) in [7, 11) is 3.72. The Labute approximate surface area is 111 Å². The summed E-state index contributed by atoms with van der Waals surface area (Å²) in [4.78, 5) is 1.21. The molecule has 0 unspecified atom stereocenters. The molecule has 0 amide bonds. The molecule has 4 heteroatoms. The fourth-order valence-electron chi connectivity index (χ4n) is 1.74. The summed E-state index contributed by atoms with van der Waals surface area (Å²) in [5, 5.41) is 4.18. The maximum absolute atomic E-state index is 5.78. The van der Waals surface area contributed by atoms with Gasteiger partial charge in [0.05, 0.1) is 14.2 Å². The first-order valence-electron chi connectivity index (χ1n) is 5.93. The summed E-state index contributed by atoms with van der Waals surface area (Å²) in [5.74, 6) is 1.59. The largest absolute Gasteiger partial charge is 0.493 e. The van der Waals surface area contributed by atoms with Gasteiger partial charge in [-0.1, -0.05) is 6.07 Å². The van der Waals surface area contributed by atoms with E-state index in [4.69, 9.17) is 9.47 Å². The molecule has 0 aliphatic carbocycles. The lowest BCUT2D eigenvalue weighted by atomic mass is 10.2. The van der Waals surface area contributed by atoms with E-state index < -0.39 is 0 Å². The van der Waals surface area contributed by atoms with Crippen LogP contribution in [0.4, 0.5) is 0 Å². The summed E-state index contributed by atoms with van der Waals surface area (Å²) in [6.45, 7) is 1.54. The average Bonchev–Trinajstić information content (AvgIpc) is 2.90. The van der Waals surface area contributed by atoms with Crippen LogP contribution < -0.4 is 14.8 Å². The van der Waals surface area contributed by atoms with E-state index in [0.29, 0.717) is 6.61 Å². The van der Waals surface area contributed by atoms with Crippen molar-refractivity contribution in [3.63, 3.8) is 0 Å². The van der Waals surface area contributed by atoms with Crippen LogP contribution in [0.3, 0.4) is 0 Å². The van der Waals surface area contributed by atoms with E-state index in [9.17, 15) is 0 Å². The zero-order chi connectivity index (χ0) is 12.8. The number of hydrogen-bond donors (Lipinski definition) is 1. The van der Waals surface area contributed by atoms with Gasteiger partial charge in [-0.05, 0) is 29.6 Å². The van der Waals surface area contributed by atoms with Crippen LogP contribution in [-0.4, -0.2) is 14.2 Å². The normalized spacial score (nSPS) is 10.3. The van der Waals surface area contributed by atoms with Gasteiger partial charge >= 0.3 is 0 Å². The number of hydrogen-bond acceptors (Lipinski definition) is 3. The summed E-state index contributed by atoms with van der Waals surface area (Å²) >= 11 is 1.70. The molecule has 1 heterocycles. The predicted octanol–water partition coefficient (Wildman–Crippen LogP) is 2.03. The Kier molecular flexibility index (Phi) is 4.61. The van der Waals surface area contributed by atoms with E-state index in [1.807, 2.05) is 25.2 Å². The van der Waals surface area contributed by atoms with Gasteiger partial charge in [-0.3, -0.25) is 0 Å². The van der Waals surface area contributed by atoms with Crippen molar-refractivity contribution in [2.45, 2.75) is 13.2 Å². The van der Waals surface area contributed by atoms with E-state index in [2.05, 4.69) is 22.8 Å². The molecular formula is C14H18NO2S+. The highest BCUT2D eigenvalue weighted by Gasteiger charge is 2.07. The van der Waals surface area contributed by atoms with Gasteiger partial charge in [0.1, 0.15) is 13.2 Å². The molecule has 0 radical (unpaired) electrons. The minimum atomic E-state index is 0.591. The summed E-state index contributed by atoms with van der Waals surface area (Å²) in [6, 6.07) is 10.2. The molecule has 0 saturated heterocycles. The summed E-state index contributed by atoms with van der Waals surface area (Å²) in [5.41, 5.74) is 1.23. The molecule has 0 atom stereocenters. The Hall–Kier alpha value is -1.52. The average molecular weight is 264 g/mol. The number of rotatable bonds is 6. The summed E-state index contributed by atoms with van der Waals surface area (Å²) < 4.78 is 11.1. The second kappa shape index (κ2) is 6.42. The number of benzene rings is 1. The van der Waals surface area contributed by atoms with Crippen molar-refractivity contribution in [3.8, 4) is 11.5 Å². The second-order valence-electron chi connectivity index (χ2n) is 3.97. The standard InChI is InChI=1S/C14H17NO2S/c1-15-9-11-5-6-13(14(8-11)16-2)17-10-12-4-3-7-18-12/h3-8,15H,9-10H2,1-2H3/p+1. The van der Waals surface area contributed by atoms with E-state index in [1.165, 1.54) is 10.4 Å². The third-order valence-electron chi connectivity index (χ3n) is 2.62. The zero-order valence-electron chi connectivity index (χ0n) is 10.7. The first-order chi connectivity index (χ1) is 8.83. The van der Waals surface area contributed by atoms with Crippen LogP contribution in [-0.2, 0) is 13.2 Å². The molecule has 2 aromatic rings. The summed E-state index contributed by atoms with van der Waals surface area (Å²) in [6.07, 6.45) is 0. The molecule has 0 aliphatic heterocycles. The highest BCUT2D eigenvalue weighted by Crippen LogP contribution is 2.29. The maximum atomic E-state index is 5.78. The first-order valence-corrected chi connectivity index (χ1v) is 6.81. The molecule has 0 spiro atoms. The van der Waals surface area contributed by atoms with Crippen LogP contribution in [0.2, 0.25) is 0 Å². The number of methoxy groups -OCH3 is 1. The van der Waals surface area contributed by atoms with Crippen LogP contribution >= 0.6 is 11.3 Å². The number of nitrogens with two attached hydrogens (primary N) is 1. The van der Waals surface area contributed by atoms with Crippen LogP contribution in [0.1, 0.15) is 10.4 Å². The van der Waals surface area contributed by atoms with Gasteiger partial charge in [-0.15, -0.1) is 11.3 Å². The molecule has 1 aromatic heterocycles. The fraction of sp³-hybridized carbons (Fsp3) is 0.286. The lowest BCUT2D eigenvalue weighted by Gasteiger charge is -2.11. The van der Waals surface area contributed by atoms with E-state index in [0.717, 1.165) is 18.0 Å². The van der Waals surface area contributed by atoms with Crippen molar-refractivity contribution < 1.29 is 14.8 Å². The van der Waals surface area contributed by atoms with Gasteiger partial charge in [0.2, 0.25) is 0 Å². The van der Waals surface area contributed by atoms with Gasteiger partial charge < -0.3 is 14.8 Å². The molecule has 2 rings (SSSR count). The van der Waals surface area contributed by atoms with E-state index >= 15 is 0 Å². The van der Waals surface area contributed by atoms with Gasteiger partial charge in [0.15, 0.2) is 11.5 Å². The van der Waals surface area contributed by atoms with Crippen molar-refractivity contribution in [2.75, 3.05) is 14.2 Å². The molecule has 0 saturated carbocycles. The second-order valence-corrected chi connectivity index (χ2v) is 5.00. The fourth-order valence-corrected chi connectivity index (χ4v) is 2.35. The lowest BCUT2D eigenvalue weighted by Crippen LogP contribution is -2.77. The quantitative estimate of drug-likeness (QED) is 0.866.